The van der Waals surface area contributed by atoms with Crippen LogP contribution in [0, 0.1) is 5.92 Å². The largest absolute Gasteiger partial charge is 0.339 e. The first-order valence-corrected chi connectivity index (χ1v) is 7.24. The van der Waals surface area contributed by atoms with E-state index in [0.29, 0.717) is 0 Å². The fourth-order valence-electron chi connectivity index (χ4n) is 2.34. The fraction of sp³-hybridized carbons (Fsp3) is 0.643. The number of hydrogen-bond donors (Lipinski definition) is 1. The molecule has 1 amide bonds. The summed E-state index contributed by atoms with van der Waals surface area (Å²) in [7, 11) is 0. The second kappa shape index (κ2) is 7.19. The molecular weight excluding hydrogens is 254 g/mol. The molecule has 1 aromatic rings. The molecule has 1 aliphatic heterocycles. The second-order valence-electron chi connectivity index (χ2n) is 5.07. The lowest BCUT2D eigenvalue weighted by atomic mass is 10.1. The van der Waals surface area contributed by atoms with Crippen molar-refractivity contribution in [1.82, 2.24) is 20.2 Å². The van der Waals surface area contributed by atoms with E-state index < -0.39 is 0 Å². The zero-order valence-electron chi connectivity index (χ0n) is 12.2. The summed E-state index contributed by atoms with van der Waals surface area (Å²) in [6.45, 7) is 8.76. The van der Waals surface area contributed by atoms with Crippen LogP contribution in [0.1, 0.15) is 13.8 Å². The van der Waals surface area contributed by atoms with Crippen molar-refractivity contribution >= 4 is 11.9 Å². The molecule has 1 N–H and O–H groups in total. The van der Waals surface area contributed by atoms with Crippen molar-refractivity contribution in [3.63, 3.8) is 0 Å². The van der Waals surface area contributed by atoms with Gasteiger partial charge in [0, 0.05) is 51.0 Å². The van der Waals surface area contributed by atoms with Crippen molar-refractivity contribution in [3.8, 4) is 0 Å². The molecule has 1 unspecified atom stereocenters. The highest BCUT2D eigenvalue weighted by Crippen LogP contribution is 2.11. The average molecular weight is 277 g/mol. The Morgan fingerprint density at radius 3 is 2.55 bits per heavy atom. The predicted molar refractivity (Wildman–Crippen MR) is 78.5 cm³/mol. The van der Waals surface area contributed by atoms with E-state index in [1.807, 2.05) is 17.9 Å². The van der Waals surface area contributed by atoms with Crippen molar-refractivity contribution in [2.45, 2.75) is 13.8 Å². The summed E-state index contributed by atoms with van der Waals surface area (Å²) >= 11 is 0. The molecule has 0 radical (unpaired) electrons. The molecule has 2 rings (SSSR count). The van der Waals surface area contributed by atoms with E-state index in [4.69, 9.17) is 0 Å². The third kappa shape index (κ3) is 3.66. The summed E-state index contributed by atoms with van der Waals surface area (Å²) in [5, 5.41) is 3.22. The van der Waals surface area contributed by atoms with Gasteiger partial charge in [-0.1, -0.05) is 13.8 Å². The topological polar surface area (TPSA) is 61.4 Å². The summed E-state index contributed by atoms with van der Waals surface area (Å²) in [5.74, 6) is 1.02. The SMILES string of the molecule is CCNCC(C)C(=O)N1CCN(c2ncccn2)CC1. The van der Waals surface area contributed by atoms with Crippen LogP contribution in [0.2, 0.25) is 0 Å². The predicted octanol–water partition coefficient (Wildman–Crippen LogP) is 0.371. The molecule has 0 spiro atoms. The van der Waals surface area contributed by atoms with Gasteiger partial charge in [0.2, 0.25) is 11.9 Å². The molecule has 6 heteroatoms. The van der Waals surface area contributed by atoms with Crippen LogP contribution < -0.4 is 10.2 Å². The van der Waals surface area contributed by atoms with E-state index in [-0.39, 0.29) is 11.8 Å². The van der Waals surface area contributed by atoms with Gasteiger partial charge in [0.25, 0.3) is 0 Å². The summed E-state index contributed by atoms with van der Waals surface area (Å²) in [5.41, 5.74) is 0. The van der Waals surface area contributed by atoms with E-state index in [9.17, 15) is 4.79 Å². The van der Waals surface area contributed by atoms with E-state index in [2.05, 4.69) is 27.1 Å². The van der Waals surface area contributed by atoms with Crippen LogP contribution in [0.5, 0.6) is 0 Å². The first-order valence-electron chi connectivity index (χ1n) is 7.24. The molecular formula is C14H23N5O. The van der Waals surface area contributed by atoms with Gasteiger partial charge in [0.15, 0.2) is 0 Å². The third-order valence-electron chi connectivity index (χ3n) is 3.55. The summed E-state index contributed by atoms with van der Waals surface area (Å²) in [6, 6.07) is 1.81. The van der Waals surface area contributed by atoms with Crippen LogP contribution in [0.25, 0.3) is 0 Å². The number of hydrogen-bond acceptors (Lipinski definition) is 5. The Bertz CT molecular complexity index is 417. The highest BCUT2D eigenvalue weighted by atomic mass is 16.2. The lowest BCUT2D eigenvalue weighted by Gasteiger charge is -2.35. The molecule has 0 aliphatic carbocycles. The third-order valence-corrected chi connectivity index (χ3v) is 3.55. The number of aromatic nitrogens is 2. The van der Waals surface area contributed by atoms with Crippen LogP contribution in [-0.4, -0.2) is 60.0 Å². The number of rotatable bonds is 5. The molecule has 0 bridgehead atoms. The number of carbonyl (C=O) groups excluding carboxylic acids is 1. The Balaban J connectivity index is 1.83. The Morgan fingerprint density at radius 2 is 1.95 bits per heavy atom. The molecule has 1 aromatic heterocycles. The lowest BCUT2D eigenvalue weighted by Crippen LogP contribution is -2.51. The van der Waals surface area contributed by atoms with Crippen LogP contribution in [0.15, 0.2) is 18.5 Å². The lowest BCUT2D eigenvalue weighted by molar-refractivity contribution is -0.135. The molecule has 20 heavy (non-hydrogen) atoms. The minimum absolute atomic E-state index is 0.0366. The van der Waals surface area contributed by atoms with Crippen LogP contribution in [-0.2, 0) is 4.79 Å². The molecule has 0 aromatic carbocycles. The van der Waals surface area contributed by atoms with Gasteiger partial charge in [0.05, 0.1) is 0 Å². The number of carbonyl (C=O) groups is 1. The van der Waals surface area contributed by atoms with E-state index in [1.165, 1.54) is 0 Å². The number of amides is 1. The first-order chi connectivity index (χ1) is 9.72. The maximum atomic E-state index is 12.3. The molecule has 2 heterocycles. The van der Waals surface area contributed by atoms with Crippen LogP contribution >= 0.6 is 0 Å². The van der Waals surface area contributed by atoms with Gasteiger partial charge in [-0.3, -0.25) is 4.79 Å². The van der Waals surface area contributed by atoms with Gasteiger partial charge < -0.3 is 15.1 Å². The van der Waals surface area contributed by atoms with E-state index >= 15 is 0 Å². The molecule has 6 nitrogen and oxygen atoms in total. The Hall–Kier alpha value is -1.69. The van der Waals surface area contributed by atoms with Crippen molar-refractivity contribution in [1.29, 1.82) is 0 Å². The van der Waals surface area contributed by atoms with Crippen LogP contribution in [0.4, 0.5) is 5.95 Å². The Labute approximate surface area is 120 Å². The number of nitrogens with one attached hydrogen (secondary N) is 1. The first kappa shape index (κ1) is 14.7. The van der Waals surface area contributed by atoms with Gasteiger partial charge in [0.1, 0.15) is 0 Å². The number of piperazine rings is 1. The minimum atomic E-state index is 0.0366. The zero-order valence-corrected chi connectivity index (χ0v) is 12.2. The molecule has 1 fully saturated rings. The van der Waals surface area contributed by atoms with Gasteiger partial charge in [-0.2, -0.15) is 0 Å². The highest BCUT2D eigenvalue weighted by molar-refractivity contribution is 5.79. The average Bonchev–Trinajstić information content (AvgIpc) is 2.53. The second-order valence-corrected chi connectivity index (χ2v) is 5.07. The smallest absolute Gasteiger partial charge is 0.226 e. The van der Waals surface area contributed by atoms with E-state index in [1.54, 1.807) is 12.4 Å². The summed E-state index contributed by atoms with van der Waals surface area (Å²) in [4.78, 5) is 24.9. The van der Waals surface area contributed by atoms with Gasteiger partial charge in [-0.15, -0.1) is 0 Å². The Kier molecular flexibility index (Phi) is 5.29. The van der Waals surface area contributed by atoms with Crippen molar-refractivity contribution in [3.05, 3.63) is 18.5 Å². The standard InChI is InChI=1S/C14H23N5O/c1-3-15-11-12(2)13(20)18-7-9-19(10-8-18)14-16-5-4-6-17-14/h4-6,12,15H,3,7-11H2,1-2H3. The maximum absolute atomic E-state index is 12.3. The fourth-order valence-corrected chi connectivity index (χ4v) is 2.34. The zero-order chi connectivity index (χ0) is 14.4. The number of anilines is 1. The molecule has 110 valence electrons. The maximum Gasteiger partial charge on any atom is 0.226 e. The Morgan fingerprint density at radius 1 is 1.30 bits per heavy atom. The van der Waals surface area contributed by atoms with E-state index in [0.717, 1.165) is 45.2 Å². The highest BCUT2D eigenvalue weighted by Gasteiger charge is 2.25. The van der Waals surface area contributed by atoms with Gasteiger partial charge >= 0.3 is 0 Å². The summed E-state index contributed by atoms with van der Waals surface area (Å²) < 4.78 is 0. The normalized spacial score (nSPS) is 17.1. The van der Waals surface area contributed by atoms with Crippen LogP contribution in [0.3, 0.4) is 0 Å². The van der Waals surface area contributed by atoms with Crippen molar-refractivity contribution in [2.24, 2.45) is 5.92 Å². The summed E-state index contributed by atoms with van der Waals surface area (Å²) in [6.07, 6.45) is 3.50. The monoisotopic (exact) mass is 277 g/mol. The quantitative estimate of drug-likeness (QED) is 0.842. The minimum Gasteiger partial charge on any atom is -0.339 e. The molecule has 0 saturated carbocycles. The van der Waals surface area contributed by atoms with Gasteiger partial charge in [-0.05, 0) is 12.6 Å². The number of nitrogens with zero attached hydrogens (tertiary/aromatic N) is 4. The van der Waals surface area contributed by atoms with Gasteiger partial charge in [-0.25, -0.2) is 9.97 Å². The molecule has 1 saturated heterocycles. The molecule has 1 aliphatic rings. The van der Waals surface area contributed by atoms with Crippen molar-refractivity contribution < 1.29 is 4.79 Å². The van der Waals surface area contributed by atoms with Crippen molar-refractivity contribution in [2.75, 3.05) is 44.2 Å². The molecule has 1 atom stereocenters.